The van der Waals surface area contributed by atoms with Crippen LogP contribution in [0.25, 0.3) is 11.3 Å². The van der Waals surface area contributed by atoms with E-state index < -0.39 is 0 Å². The third-order valence-corrected chi connectivity index (χ3v) is 5.64. The van der Waals surface area contributed by atoms with Gasteiger partial charge >= 0.3 is 0 Å². The Morgan fingerprint density at radius 2 is 1.83 bits per heavy atom. The van der Waals surface area contributed by atoms with Crippen molar-refractivity contribution in [3.05, 3.63) is 65.2 Å². The summed E-state index contributed by atoms with van der Waals surface area (Å²) in [5, 5.41) is 3.39. The van der Waals surface area contributed by atoms with E-state index in [9.17, 15) is 0 Å². The van der Waals surface area contributed by atoms with Crippen LogP contribution < -0.4 is 20.7 Å². The summed E-state index contributed by atoms with van der Waals surface area (Å²) in [5.41, 5.74) is 11.9. The van der Waals surface area contributed by atoms with E-state index >= 15 is 0 Å². The summed E-state index contributed by atoms with van der Waals surface area (Å²) in [4.78, 5) is 11.6. The van der Waals surface area contributed by atoms with E-state index in [4.69, 9.17) is 10.5 Å². The number of aryl methyl sites for hydroxylation is 1. The van der Waals surface area contributed by atoms with Gasteiger partial charge in [0.25, 0.3) is 0 Å². The van der Waals surface area contributed by atoms with Gasteiger partial charge in [0.05, 0.1) is 5.69 Å². The van der Waals surface area contributed by atoms with Crippen LogP contribution in [0.1, 0.15) is 16.7 Å². The number of piperazine rings is 1. The van der Waals surface area contributed by atoms with Gasteiger partial charge in [-0.3, -0.25) is 0 Å². The fraction of sp³-hybridized carbons (Fsp3) is 0.304. The lowest BCUT2D eigenvalue weighted by Crippen LogP contribution is -2.44. The van der Waals surface area contributed by atoms with E-state index in [0.29, 0.717) is 12.6 Å². The topological polar surface area (TPSA) is 76.3 Å². The minimum atomic E-state index is 0.342. The second-order valence-electron chi connectivity index (χ2n) is 7.56. The highest BCUT2D eigenvalue weighted by Crippen LogP contribution is 2.38. The largest absolute Gasteiger partial charge is 0.489 e. The fourth-order valence-electron chi connectivity index (χ4n) is 4.18. The summed E-state index contributed by atoms with van der Waals surface area (Å²) in [6, 6.07) is 16.5. The molecular formula is C23H25N5O. The van der Waals surface area contributed by atoms with Crippen LogP contribution in [-0.4, -0.2) is 36.1 Å². The average molecular weight is 387 g/mol. The molecule has 148 valence electrons. The first-order valence-electron chi connectivity index (χ1n) is 10.2. The van der Waals surface area contributed by atoms with Crippen LogP contribution in [0.15, 0.2) is 48.5 Å². The molecule has 1 fully saturated rings. The molecule has 0 amide bonds. The highest BCUT2D eigenvalue weighted by molar-refractivity contribution is 5.76. The van der Waals surface area contributed by atoms with E-state index in [0.717, 1.165) is 67.4 Å². The lowest BCUT2D eigenvalue weighted by atomic mass is 9.88. The number of hydrogen-bond donors (Lipinski definition) is 2. The Bertz CT molecular complexity index is 1020. The fourth-order valence-corrected chi connectivity index (χ4v) is 4.18. The van der Waals surface area contributed by atoms with Crippen molar-refractivity contribution < 1.29 is 4.74 Å². The van der Waals surface area contributed by atoms with Crippen LogP contribution in [0.4, 0.5) is 11.8 Å². The number of nitrogens with zero attached hydrogens (tertiary/aromatic N) is 3. The number of anilines is 2. The first-order chi connectivity index (χ1) is 14.3. The number of fused-ring (bicyclic) bond motifs is 3. The number of rotatable bonds is 4. The van der Waals surface area contributed by atoms with Crippen LogP contribution in [0.3, 0.4) is 0 Å². The SMILES string of the molecule is Nc1nc2c(c(N3CCNCC3)n1)CCc1cc(OCc3ccccc3)ccc1-2. The van der Waals surface area contributed by atoms with Gasteiger partial charge in [0, 0.05) is 37.3 Å². The number of hydrogen-bond acceptors (Lipinski definition) is 6. The van der Waals surface area contributed by atoms with Crippen molar-refractivity contribution in [2.45, 2.75) is 19.4 Å². The van der Waals surface area contributed by atoms with E-state index in [-0.39, 0.29) is 0 Å². The van der Waals surface area contributed by atoms with Gasteiger partial charge in [-0.25, -0.2) is 4.98 Å². The van der Waals surface area contributed by atoms with Crippen LogP contribution >= 0.6 is 0 Å². The summed E-state index contributed by atoms with van der Waals surface area (Å²) >= 11 is 0. The van der Waals surface area contributed by atoms with Crippen molar-refractivity contribution in [1.82, 2.24) is 15.3 Å². The highest BCUT2D eigenvalue weighted by Gasteiger charge is 2.25. The number of nitrogens with one attached hydrogen (secondary N) is 1. The number of aromatic nitrogens is 2. The predicted molar refractivity (Wildman–Crippen MR) is 115 cm³/mol. The number of nitrogens with two attached hydrogens (primary N) is 1. The van der Waals surface area contributed by atoms with Gasteiger partial charge in [-0.05, 0) is 42.2 Å². The molecule has 0 saturated carbocycles. The van der Waals surface area contributed by atoms with Crippen molar-refractivity contribution in [3.63, 3.8) is 0 Å². The first-order valence-corrected chi connectivity index (χ1v) is 10.2. The van der Waals surface area contributed by atoms with E-state index in [1.807, 2.05) is 24.3 Å². The molecular weight excluding hydrogens is 362 g/mol. The lowest BCUT2D eigenvalue weighted by Gasteiger charge is -2.32. The Labute approximate surface area is 170 Å². The smallest absolute Gasteiger partial charge is 0.222 e. The maximum atomic E-state index is 6.10. The molecule has 2 aromatic carbocycles. The zero-order valence-electron chi connectivity index (χ0n) is 16.4. The summed E-state index contributed by atoms with van der Waals surface area (Å²) < 4.78 is 6.02. The Hall–Kier alpha value is -3.12. The Kier molecular flexibility index (Phi) is 4.77. The maximum absolute atomic E-state index is 6.10. The van der Waals surface area contributed by atoms with Crippen LogP contribution in [0.5, 0.6) is 5.75 Å². The third kappa shape index (κ3) is 3.63. The molecule has 6 heteroatoms. The molecule has 1 aliphatic carbocycles. The molecule has 0 radical (unpaired) electrons. The molecule has 1 saturated heterocycles. The van der Waals surface area contributed by atoms with Crippen LogP contribution in [0, 0.1) is 0 Å². The van der Waals surface area contributed by atoms with Gasteiger partial charge in [-0.2, -0.15) is 4.98 Å². The van der Waals surface area contributed by atoms with Gasteiger partial charge in [-0.1, -0.05) is 30.3 Å². The molecule has 0 atom stereocenters. The predicted octanol–water partition coefficient (Wildman–Crippen LogP) is 2.81. The minimum absolute atomic E-state index is 0.342. The molecule has 5 rings (SSSR count). The standard InChI is InChI=1S/C23H25N5O/c24-23-26-21-19-9-7-18(29-15-16-4-2-1-3-5-16)14-17(19)6-8-20(21)22(27-23)28-12-10-25-11-13-28/h1-5,7,9,14,25H,6,8,10-13,15H2,(H2,24,26,27). The summed E-state index contributed by atoms with van der Waals surface area (Å²) in [6.45, 7) is 4.40. The lowest BCUT2D eigenvalue weighted by molar-refractivity contribution is 0.306. The molecule has 0 spiro atoms. The van der Waals surface area contributed by atoms with Gasteiger partial charge in [0.15, 0.2) is 0 Å². The molecule has 2 aliphatic rings. The number of ether oxygens (including phenoxy) is 1. The second kappa shape index (κ2) is 7.72. The molecule has 0 unspecified atom stereocenters. The number of nitrogen functional groups attached to an aromatic ring is 1. The van der Waals surface area contributed by atoms with E-state index in [1.165, 1.54) is 11.1 Å². The Morgan fingerprint density at radius 3 is 2.66 bits per heavy atom. The van der Waals surface area contributed by atoms with Crippen molar-refractivity contribution >= 4 is 11.8 Å². The maximum Gasteiger partial charge on any atom is 0.222 e. The summed E-state index contributed by atoms with van der Waals surface area (Å²) in [5.74, 6) is 2.24. The molecule has 3 aromatic rings. The van der Waals surface area contributed by atoms with Gasteiger partial charge in [0.2, 0.25) is 5.95 Å². The second-order valence-corrected chi connectivity index (χ2v) is 7.56. The molecule has 3 N–H and O–H groups in total. The molecule has 1 aromatic heterocycles. The average Bonchev–Trinajstić information content (AvgIpc) is 2.78. The van der Waals surface area contributed by atoms with Crippen molar-refractivity contribution in [1.29, 1.82) is 0 Å². The first kappa shape index (κ1) is 17.9. The van der Waals surface area contributed by atoms with Crippen molar-refractivity contribution in [2.24, 2.45) is 0 Å². The van der Waals surface area contributed by atoms with E-state index in [2.05, 4.69) is 44.5 Å². The van der Waals surface area contributed by atoms with E-state index in [1.54, 1.807) is 0 Å². The van der Waals surface area contributed by atoms with Gasteiger partial charge in [-0.15, -0.1) is 0 Å². The molecule has 2 heterocycles. The zero-order chi connectivity index (χ0) is 19.6. The quantitative estimate of drug-likeness (QED) is 0.717. The molecule has 29 heavy (non-hydrogen) atoms. The normalized spacial score (nSPS) is 15.5. The van der Waals surface area contributed by atoms with Gasteiger partial charge < -0.3 is 20.7 Å². The minimum Gasteiger partial charge on any atom is -0.489 e. The molecule has 1 aliphatic heterocycles. The Balaban J connectivity index is 1.44. The summed E-state index contributed by atoms with van der Waals surface area (Å²) in [6.07, 6.45) is 1.88. The Morgan fingerprint density at radius 1 is 1.00 bits per heavy atom. The van der Waals surface area contributed by atoms with Gasteiger partial charge in [0.1, 0.15) is 18.2 Å². The highest BCUT2D eigenvalue weighted by atomic mass is 16.5. The molecule has 0 bridgehead atoms. The molecule has 6 nitrogen and oxygen atoms in total. The van der Waals surface area contributed by atoms with Crippen molar-refractivity contribution in [2.75, 3.05) is 36.8 Å². The third-order valence-electron chi connectivity index (χ3n) is 5.64. The van der Waals surface area contributed by atoms with Crippen LogP contribution in [-0.2, 0) is 19.4 Å². The van der Waals surface area contributed by atoms with Crippen LogP contribution in [0.2, 0.25) is 0 Å². The zero-order valence-corrected chi connectivity index (χ0v) is 16.4. The monoisotopic (exact) mass is 387 g/mol. The van der Waals surface area contributed by atoms with Crippen molar-refractivity contribution in [3.8, 4) is 17.0 Å². The number of benzene rings is 2. The summed E-state index contributed by atoms with van der Waals surface area (Å²) in [7, 11) is 0.